The summed E-state index contributed by atoms with van der Waals surface area (Å²) in [6.45, 7) is 2.94. The van der Waals surface area contributed by atoms with Crippen LogP contribution in [-0.2, 0) is 36.9 Å². The van der Waals surface area contributed by atoms with Crippen molar-refractivity contribution in [2.24, 2.45) is 5.92 Å². The molecule has 0 unspecified atom stereocenters. The van der Waals surface area contributed by atoms with E-state index in [-0.39, 0.29) is 5.92 Å². The van der Waals surface area contributed by atoms with Crippen molar-refractivity contribution in [2.75, 3.05) is 19.6 Å². The Morgan fingerprint density at radius 2 is 1.50 bits per heavy atom. The molecule has 0 amide bonds. The molecule has 4 bridgehead atoms. The number of hydrogen-bond acceptors (Lipinski definition) is 2. The van der Waals surface area contributed by atoms with Crippen LogP contribution in [0.2, 0.25) is 0 Å². The van der Waals surface area contributed by atoms with Crippen molar-refractivity contribution in [1.29, 1.82) is 0 Å². The summed E-state index contributed by atoms with van der Waals surface area (Å²) in [5.74, 6) is -0.754. The Bertz CT molecular complexity index is 804. The Kier molecular flexibility index (Phi) is 6.11. The fraction of sp³-hybridized carbons (Fsp3) is 0.480. The van der Waals surface area contributed by atoms with E-state index >= 15 is 0 Å². The second-order valence-corrected chi connectivity index (χ2v) is 8.48. The first kappa shape index (κ1) is 19.2. The average Bonchev–Trinajstić information content (AvgIpc) is 2.71. The Labute approximate surface area is 168 Å². The molecule has 0 spiro atoms. The number of piperidine rings is 1. The number of benzene rings is 2. The molecule has 3 heteroatoms. The van der Waals surface area contributed by atoms with Gasteiger partial charge in [-0.25, -0.2) is 0 Å². The van der Waals surface area contributed by atoms with Crippen molar-refractivity contribution in [2.45, 2.75) is 51.4 Å². The maximum atomic E-state index is 11.1. The summed E-state index contributed by atoms with van der Waals surface area (Å²) in [5, 5.41) is 9.15. The van der Waals surface area contributed by atoms with E-state index in [1.165, 1.54) is 27.8 Å². The number of carboxylic acids is 1. The number of hydrogen-bond donors (Lipinski definition) is 1. The highest BCUT2D eigenvalue weighted by atomic mass is 16.4. The number of carbonyl (C=O) groups is 1. The zero-order valence-corrected chi connectivity index (χ0v) is 16.7. The van der Waals surface area contributed by atoms with Crippen LogP contribution in [0, 0.1) is 5.92 Å². The minimum Gasteiger partial charge on any atom is -0.481 e. The SMILES string of the molecule is O=C(O)C1CCN(CCCc2cc3ccc2CCc2ccc(cc2)CC3)CC1. The molecule has 2 aromatic rings. The molecule has 1 N–H and O–H groups in total. The largest absolute Gasteiger partial charge is 0.481 e. The van der Waals surface area contributed by atoms with E-state index in [0.29, 0.717) is 0 Å². The third-order valence-electron chi connectivity index (χ3n) is 6.54. The number of likely N-dealkylation sites (tertiary alicyclic amines) is 1. The van der Waals surface area contributed by atoms with Gasteiger partial charge < -0.3 is 10.0 Å². The van der Waals surface area contributed by atoms with Crippen molar-refractivity contribution in [1.82, 2.24) is 4.90 Å². The van der Waals surface area contributed by atoms with Crippen molar-refractivity contribution in [3.05, 3.63) is 70.3 Å². The second kappa shape index (κ2) is 8.91. The monoisotopic (exact) mass is 377 g/mol. The van der Waals surface area contributed by atoms with Gasteiger partial charge >= 0.3 is 5.97 Å². The number of nitrogens with zero attached hydrogens (tertiary/aromatic N) is 1. The van der Waals surface area contributed by atoms with Crippen LogP contribution >= 0.6 is 0 Å². The number of carboxylic acid groups (broad SMARTS) is 1. The zero-order valence-electron chi connectivity index (χ0n) is 16.7. The number of aliphatic carboxylic acids is 1. The zero-order chi connectivity index (χ0) is 19.3. The van der Waals surface area contributed by atoms with Crippen LogP contribution in [0.4, 0.5) is 0 Å². The Morgan fingerprint density at radius 3 is 2.18 bits per heavy atom. The molecule has 0 aromatic heterocycles. The van der Waals surface area contributed by atoms with E-state index in [0.717, 1.165) is 71.0 Å². The molecule has 1 fully saturated rings. The first-order valence-electron chi connectivity index (χ1n) is 10.8. The third-order valence-corrected chi connectivity index (χ3v) is 6.54. The number of rotatable bonds is 5. The van der Waals surface area contributed by atoms with Gasteiger partial charge in [0.2, 0.25) is 0 Å². The Hall–Kier alpha value is -2.13. The molecule has 1 saturated heterocycles. The van der Waals surface area contributed by atoms with Gasteiger partial charge in [-0.1, -0.05) is 42.5 Å². The lowest BCUT2D eigenvalue weighted by Crippen LogP contribution is -2.36. The molecule has 0 radical (unpaired) electrons. The van der Waals surface area contributed by atoms with Crippen LogP contribution < -0.4 is 0 Å². The van der Waals surface area contributed by atoms with Crippen LogP contribution in [0.5, 0.6) is 0 Å². The van der Waals surface area contributed by atoms with E-state index in [1.54, 1.807) is 0 Å². The molecule has 7 rings (SSSR count). The van der Waals surface area contributed by atoms with E-state index in [1.807, 2.05) is 0 Å². The highest BCUT2D eigenvalue weighted by Crippen LogP contribution is 2.22. The van der Waals surface area contributed by atoms with Gasteiger partial charge in [-0.2, -0.15) is 0 Å². The summed E-state index contributed by atoms with van der Waals surface area (Å²) in [7, 11) is 0. The first-order chi connectivity index (χ1) is 13.7. The van der Waals surface area contributed by atoms with E-state index in [9.17, 15) is 4.79 Å². The molecule has 1 aliphatic heterocycles. The normalized spacial score (nSPS) is 18.0. The molecule has 28 heavy (non-hydrogen) atoms. The Morgan fingerprint density at radius 1 is 0.893 bits per heavy atom. The van der Waals surface area contributed by atoms with Gasteiger partial charge in [-0.15, -0.1) is 0 Å². The molecule has 0 saturated carbocycles. The number of aryl methyl sites for hydroxylation is 5. The van der Waals surface area contributed by atoms with Crippen LogP contribution in [-0.4, -0.2) is 35.6 Å². The summed E-state index contributed by atoms with van der Waals surface area (Å²) in [4.78, 5) is 13.6. The topological polar surface area (TPSA) is 40.5 Å². The summed E-state index contributed by atoms with van der Waals surface area (Å²) in [6.07, 6.45) is 8.31. The predicted octanol–water partition coefficient (Wildman–Crippen LogP) is 4.30. The van der Waals surface area contributed by atoms with E-state index < -0.39 is 5.97 Å². The minimum atomic E-state index is -0.622. The van der Waals surface area contributed by atoms with Gasteiger partial charge in [-0.3, -0.25) is 4.79 Å². The van der Waals surface area contributed by atoms with Gasteiger partial charge in [0.05, 0.1) is 5.92 Å². The van der Waals surface area contributed by atoms with E-state index in [4.69, 9.17) is 5.11 Å². The standard InChI is InChI=1S/C25H31NO2/c27-25(28)23-13-16-26(17-14-23)15-1-2-24-18-21-8-7-19-3-5-20(6-4-19)9-11-22(24)12-10-21/h3-6,10,12,18,23H,1-2,7-9,11,13-17H2,(H,27,28). The molecular formula is C25H31NO2. The summed E-state index contributed by atoms with van der Waals surface area (Å²) in [6, 6.07) is 16.3. The predicted molar refractivity (Wildman–Crippen MR) is 113 cm³/mol. The Balaban J connectivity index is 1.36. The van der Waals surface area contributed by atoms with Gasteiger partial charge in [-0.05, 0) is 98.8 Å². The maximum absolute atomic E-state index is 11.1. The van der Waals surface area contributed by atoms with Gasteiger partial charge in [0.1, 0.15) is 0 Å². The average molecular weight is 378 g/mol. The summed E-state index contributed by atoms with van der Waals surface area (Å²) < 4.78 is 0. The molecule has 148 valence electrons. The second-order valence-electron chi connectivity index (χ2n) is 8.48. The third kappa shape index (κ3) is 4.82. The lowest BCUT2D eigenvalue weighted by Gasteiger charge is -2.30. The van der Waals surface area contributed by atoms with Gasteiger partial charge in [0.25, 0.3) is 0 Å². The molecule has 0 atom stereocenters. The van der Waals surface area contributed by atoms with Crippen LogP contribution in [0.15, 0.2) is 42.5 Å². The van der Waals surface area contributed by atoms with Gasteiger partial charge in [0, 0.05) is 0 Å². The quantitative estimate of drug-likeness (QED) is 0.845. The minimum absolute atomic E-state index is 0.133. The molecular weight excluding hydrogens is 346 g/mol. The lowest BCUT2D eigenvalue weighted by molar-refractivity contribution is -0.143. The van der Waals surface area contributed by atoms with Crippen molar-refractivity contribution in [3.8, 4) is 0 Å². The summed E-state index contributed by atoms with van der Waals surface area (Å²) >= 11 is 0. The van der Waals surface area contributed by atoms with Crippen molar-refractivity contribution < 1.29 is 9.90 Å². The molecule has 2 aromatic carbocycles. The molecule has 1 heterocycles. The fourth-order valence-corrected chi connectivity index (χ4v) is 4.65. The van der Waals surface area contributed by atoms with Crippen LogP contribution in [0.25, 0.3) is 0 Å². The lowest BCUT2D eigenvalue weighted by atomic mass is 9.91. The summed E-state index contributed by atoms with van der Waals surface area (Å²) in [5.41, 5.74) is 7.33. The molecule has 3 nitrogen and oxygen atoms in total. The van der Waals surface area contributed by atoms with Crippen molar-refractivity contribution in [3.63, 3.8) is 0 Å². The van der Waals surface area contributed by atoms with Gasteiger partial charge in [0.15, 0.2) is 0 Å². The van der Waals surface area contributed by atoms with Crippen molar-refractivity contribution >= 4 is 5.97 Å². The smallest absolute Gasteiger partial charge is 0.306 e. The highest BCUT2D eigenvalue weighted by molar-refractivity contribution is 5.70. The maximum Gasteiger partial charge on any atom is 0.306 e. The molecule has 5 aliphatic rings. The highest BCUT2D eigenvalue weighted by Gasteiger charge is 2.24. The van der Waals surface area contributed by atoms with E-state index in [2.05, 4.69) is 47.4 Å². The first-order valence-corrected chi connectivity index (χ1v) is 10.8. The van der Waals surface area contributed by atoms with Crippen LogP contribution in [0.3, 0.4) is 0 Å². The van der Waals surface area contributed by atoms with Crippen LogP contribution in [0.1, 0.15) is 47.1 Å². The fourth-order valence-electron chi connectivity index (χ4n) is 4.65. The molecule has 4 aliphatic carbocycles.